The largest absolute Gasteiger partial charge is 0.468 e. The van der Waals surface area contributed by atoms with Crippen LogP contribution in [0.5, 0.6) is 0 Å². The van der Waals surface area contributed by atoms with Crippen LogP contribution < -0.4 is 0 Å². The number of rotatable bonds is 1. The van der Waals surface area contributed by atoms with Crippen LogP contribution in [-0.2, 0) is 23.0 Å². The van der Waals surface area contributed by atoms with Crippen LogP contribution in [0.2, 0.25) is 0 Å². The summed E-state index contributed by atoms with van der Waals surface area (Å²) in [5.74, 6) is -1.18. The van der Waals surface area contributed by atoms with Crippen LogP contribution in [0.4, 0.5) is 0 Å². The normalized spacial score (nSPS) is 18.7. The molecule has 2 aromatic rings. The molecular weight excluding hydrogens is 254 g/mol. The highest BCUT2D eigenvalue weighted by Crippen LogP contribution is 2.33. The van der Waals surface area contributed by atoms with E-state index in [0.29, 0.717) is 12.0 Å². The van der Waals surface area contributed by atoms with Gasteiger partial charge in [0.25, 0.3) is 0 Å². The molecule has 1 unspecified atom stereocenters. The number of hydrogen-bond acceptors (Lipinski definition) is 3. The Balaban J connectivity index is 2.22. The van der Waals surface area contributed by atoms with Crippen molar-refractivity contribution in [3.05, 3.63) is 35.5 Å². The van der Waals surface area contributed by atoms with Crippen molar-refractivity contribution in [1.29, 1.82) is 0 Å². The molecule has 0 bridgehead atoms. The maximum Gasteiger partial charge on any atom is 0.316 e. The van der Waals surface area contributed by atoms with Crippen LogP contribution in [-0.4, -0.2) is 23.4 Å². The number of methoxy groups -OCH3 is 1. The molecule has 1 aliphatic carbocycles. The summed E-state index contributed by atoms with van der Waals surface area (Å²) in [4.78, 5) is 24.6. The van der Waals surface area contributed by atoms with Crippen molar-refractivity contribution in [2.24, 2.45) is 13.0 Å². The monoisotopic (exact) mass is 271 g/mol. The Hall–Kier alpha value is -2.10. The fraction of sp³-hybridized carbons (Fsp3) is 0.375. The molecule has 0 spiro atoms. The average Bonchev–Trinajstić information content (AvgIpc) is 2.64. The Morgan fingerprint density at radius 2 is 2.10 bits per heavy atom. The zero-order chi connectivity index (χ0) is 14.3. The van der Waals surface area contributed by atoms with E-state index in [1.54, 1.807) is 0 Å². The molecule has 0 aliphatic heterocycles. The number of fused-ring (bicyclic) bond motifs is 3. The van der Waals surface area contributed by atoms with Crippen LogP contribution in [0.1, 0.15) is 28.9 Å². The first-order chi connectivity index (χ1) is 9.65. The Kier molecular flexibility index (Phi) is 3.08. The second kappa shape index (κ2) is 4.78. The number of ketones is 1. The minimum atomic E-state index is -0.660. The molecule has 1 heterocycles. The number of carbonyl (C=O) groups is 2. The quantitative estimate of drug-likeness (QED) is 0.455. The minimum absolute atomic E-state index is 0.0962. The van der Waals surface area contributed by atoms with Gasteiger partial charge in [0.2, 0.25) is 0 Å². The summed E-state index contributed by atoms with van der Waals surface area (Å²) in [6.45, 7) is 0. The zero-order valence-corrected chi connectivity index (χ0v) is 11.7. The van der Waals surface area contributed by atoms with Crippen LogP contribution in [0, 0.1) is 5.92 Å². The predicted octanol–water partition coefficient (Wildman–Crippen LogP) is 2.49. The minimum Gasteiger partial charge on any atom is -0.468 e. The number of benzene rings is 1. The highest BCUT2D eigenvalue weighted by molar-refractivity contribution is 6.16. The van der Waals surface area contributed by atoms with Gasteiger partial charge in [-0.3, -0.25) is 9.59 Å². The number of aromatic nitrogens is 1. The third-order valence-electron chi connectivity index (χ3n) is 4.18. The lowest BCUT2D eigenvalue weighted by Crippen LogP contribution is -2.24. The van der Waals surface area contributed by atoms with E-state index in [0.717, 1.165) is 29.4 Å². The molecule has 0 saturated carbocycles. The van der Waals surface area contributed by atoms with Gasteiger partial charge in [-0.1, -0.05) is 18.2 Å². The predicted molar refractivity (Wildman–Crippen MR) is 75.7 cm³/mol. The SMILES string of the molecule is COC(=O)C1CCCc2c(c3ccccc3n2C)C1=O. The van der Waals surface area contributed by atoms with E-state index < -0.39 is 11.9 Å². The smallest absolute Gasteiger partial charge is 0.316 e. The number of para-hydroxylation sites is 1. The van der Waals surface area contributed by atoms with Gasteiger partial charge in [-0.2, -0.15) is 0 Å². The average molecular weight is 271 g/mol. The summed E-state index contributed by atoms with van der Waals surface area (Å²) in [7, 11) is 3.32. The molecule has 1 atom stereocenters. The van der Waals surface area contributed by atoms with E-state index in [2.05, 4.69) is 4.57 Å². The molecular formula is C16H17NO3. The zero-order valence-electron chi connectivity index (χ0n) is 11.7. The first-order valence-corrected chi connectivity index (χ1v) is 6.83. The van der Waals surface area contributed by atoms with Gasteiger partial charge in [0.15, 0.2) is 5.78 Å². The van der Waals surface area contributed by atoms with E-state index in [1.165, 1.54) is 7.11 Å². The lowest BCUT2D eigenvalue weighted by molar-refractivity contribution is -0.143. The molecule has 0 fully saturated rings. The Labute approximate surface area is 117 Å². The molecule has 0 amide bonds. The van der Waals surface area contributed by atoms with E-state index in [9.17, 15) is 9.59 Å². The Morgan fingerprint density at radius 3 is 2.85 bits per heavy atom. The van der Waals surface area contributed by atoms with E-state index in [-0.39, 0.29) is 5.78 Å². The maximum atomic E-state index is 12.8. The number of aryl methyl sites for hydroxylation is 1. The summed E-state index contributed by atoms with van der Waals surface area (Å²) in [5.41, 5.74) is 2.77. The maximum absolute atomic E-state index is 12.8. The van der Waals surface area contributed by atoms with Gasteiger partial charge in [-0.05, 0) is 25.3 Å². The second-order valence-electron chi connectivity index (χ2n) is 5.23. The number of nitrogens with zero attached hydrogens (tertiary/aromatic N) is 1. The lowest BCUT2D eigenvalue weighted by Gasteiger charge is -2.10. The molecule has 20 heavy (non-hydrogen) atoms. The molecule has 1 aromatic heterocycles. The first kappa shape index (κ1) is 12.9. The molecule has 104 valence electrons. The van der Waals surface area contributed by atoms with Crippen LogP contribution in [0.15, 0.2) is 24.3 Å². The molecule has 0 saturated heterocycles. The number of carbonyl (C=O) groups excluding carboxylic acids is 2. The van der Waals surface area contributed by atoms with Crippen LogP contribution >= 0.6 is 0 Å². The second-order valence-corrected chi connectivity index (χ2v) is 5.23. The van der Waals surface area contributed by atoms with Gasteiger partial charge >= 0.3 is 5.97 Å². The third-order valence-corrected chi connectivity index (χ3v) is 4.18. The van der Waals surface area contributed by atoms with Gasteiger partial charge < -0.3 is 9.30 Å². The first-order valence-electron chi connectivity index (χ1n) is 6.83. The molecule has 0 radical (unpaired) electrons. The molecule has 3 rings (SSSR count). The highest BCUT2D eigenvalue weighted by Gasteiger charge is 2.34. The summed E-state index contributed by atoms with van der Waals surface area (Å²) in [5, 5.41) is 0.936. The summed E-state index contributed by atoms with van der Waals surface area (Å²) >= 11 is 0. The topological polar surface area (TPSA) is 48.3 Å². The summed E-state index contributed by atoms with van der Waals surface area (Å²) in [6.07, 6.45) is 2.21. The Bertz CT molecular complexity index is 699. The molecule has 4 nitrogen and oxygen atoms in total. The van der Waals surface area contributed by atoms with Gasteiger partial charge in [0.1, 0.15) is 5.92 Å². The number of hydrogen-bond donors (Lipinski definition) is 0. The summed E-state index contributed by atoms with van der Waals surface area (Å²) in [6, 6.07) is 7.84. The number of ether oxygens (including phenoxy) is 1. The van der Waals surface area contributed by atoms with Crippen LogP contribution in [0.25, 0.3) is 10.9 Å². The van der Waals surface area contributed by atoms with E-state index in [1.807, 2.05) is 31.3 Å². The van der Waals surface area contributed by atoms with Gasteiger partial charge in [0, 0.05) is 29.2 Å². The standard InChI is InChI=1S/C16H17NO3/c1-17-12-8-4-3-6-10(12)14-13(17)9-5-7-11(15(14)18)16(19)20-2/h3-4,6,8,11H,5,7,9H2,1-2H3. The number of Topliss-reactive ketones (excluding diaryl/α,β-unsaturated/α-hetero) is 1. The van der Waals surface area contributed by atoms with E-state index in [4.69, 9.17) is 4.74 Å². The number of esters is 1. The van der Waals surface area contributed by atoms with E-state index >= 15 is 0 Å². The van der Waals surface area contributed by atoms with Crippen molar-refractivity contribution in [2.75, 3.05) is 7.11 Å². The van der Waals surface area contributed by atoms with Crippen LogP contribution in [0.3, 0.4) is 0 Å². The van der Waals surface area contributed by atoms with Crippen molar-refractivity contribution < 1.29 is 14.3 Å². The molecule has 0 N–H and O–H groups in total. The lowest BCUT2D eigenvalue weighted by atomic mass is 9.95. The van der Waals surface area contributed by atoms with Crippen molar-refractivity contribution in [3.63, 3.8) is 0 Å². The fourth-order valence-electron chi connectivity index (χ4n) is 3.16. The Morgan fingerprint density at radius 1 is 1.35 bits per heavy atom. The summed E-state index contributed by atoms with van der Waals surface area (Å²) < 4.78 is 6.85. The molecule has 1 aliphatic rings. The van der Waals surface area contributed by atoms with Crippen molar-refractivity contribution >= 4 is 22.7 Å². The third kappa shape index (κ3) is 1.75. The van der Waals surface area contributed by atoms with Crippen molar-refractivity contribution in [3.8, 4) is 0 Å². The molecule has 1 aromatic carbocycles. The van der Waals surface area contributed by atoms with Crippen molar-refractivity contribution in [1.82, 2.24) is 4.57 Å². The fourth-order valence-corrected chi connectivity index (χ4v) is 3.16. The highest BCUT2D eigenvalue weighted by atomic mass is 16.5. The van der Waals surface area contributed by atoms with Gasteiger partial charge in [-0.15, -0.1) is 0 Å². The van der Waals surface area contributed by atoms with Gasteiger partial charge in [0.05, 0.1) is 7.11 Å². The van der Waals surface area contributed by atoms with Gasteiger partial charge in [-0.25, -0.2) is 0 Å². The van der Waals surface area contributed by atoms with Crippen molar-refractivity contribution in [2.45, 2.75) is 19.3 Å². The molecule has 4 heteroatoms.